The summed E-state index contributed by atoms with van der Waals surface area (Å²) in [5.74, 6) is 1.40. The summed E-state index contributed by atoms with van der Waals surface area (Å²) in [4.78, 5) is 4.43. The van der Waals surface area contributed by atoms with E-state index >= 15 is 0 Å². The Bertz CT molecular complexity index is 826. The second kappa shape index (κ2) is 5.31. The minimum Gasteiger partial charge on any atom is -0.454 e. The summed E-state index contributed by atoms with van der Waals surface area (Å²) in [5.41, 5.74) is 1.70. The monoisotopic (exact) mass is 293 g/mol. The van der Waals surface area contributed by atoms with Crippen molar-refractivity contribution in [1.82, 2.24) is 4.98 Å². The number of aliphatic hydroxyl groups excluding tert-OH is 1. The number of pyridine rings is 1. The molecule has 0 amide bonds. The molecular weight excluding hydrogens is 278 g/mol. The summed E-state index contributed by atoms with van der Waals surface area (Å²) in [6, 6.07) is 15.6. The minimum absolute atomic E-state index is 0.236. The largest absolute Gasteiger partial charge is 0.454 e. The van der Waals surface area contributed by atoms with Crippen molar-refractivity contribution in [2.45, 2.75) is 12.5 Å². The lowest BCUT2D eigenvalue weighted by Gasteiger charge is -2.13. The van der Waals surface area contributed by atoms with Gasteiger partial charge in [-0.05, 0) is 29.1 Å². The fourth-order valence-corrected chi connectivity index (χ4v) is 2.77. The van der Waals surface area contributed by atoms with Gasteiger partial charge in [-0.3, -0.25) is 4.98 Å². The van der Waals surface area contributed by atoms with E-state index in [-0.39, 0.29) is 6.79 Å². The normalized spacial score (nSPS) is 14.2. The molecule has 2 aromatic carbocycles. The van der Waals surface area contributed by atoms with Crippen LogP contribution in [0.3, 0.4) is 0 Å². The molecule has 0 saturated heterocycles. The van der Waals surface area contributed by atoms with Crippen LogP contribution in [0.25, 0.3) is 10.8 Å². The quantitative estimate of drug-likeness (QED) is 0.805. The van der Waals surface area contributed by atoms with Crippen LogP contribution in [-0.2, 0) is 6.42 Å². The van der Waals surface area contributed by atoms with Gasteiger partial charge in [0.15, 0.2) is 11.5 Å². The van der Waals surface area contributed by atoms with Crippen LogP contribution in [0.1, 0.15) is 17.4 Å². The van der Waals surface area contributed by atoms with Gasteiger partial charge in [-0.2, -0.15) is 0 Å². The Kier molecular flexibility index (Phi) is 3.16. The second-order valence-corrected chi connectivity index (χ2v) is 5.31. The molecule has 2 heterocycles. The number of hydrogen-bond acceptors (Lipinski definition) is 4. The van der Waals surface area contributed by atoms with Gasteiger partial charge in [-0.15, -0.1) is 0 Å². The van der Waals surface area contributed by atoms with Crippen LogP contribution in [0.5, 0.6) is 11.5 Å². The Morgan fingerprint density at radius 3 is 2.86 bits per heavy atom. The average Bonchev–Trinajstić information content (AvgIpc) is 3.02. The van der Waals surface area contributed by atoms with Crippen LogP contribution >= 0.6 is 0 Å². The number of fused-ring (bicyclic) bond motifs is 2. The Morgan fingerprint density at radius 1 is 1.05 bits per heavy atom. The Morgan fingerprint density at radius 2 is 1.91 bits per heavy atom. The Labute approximate surface area is 128 Å². The third-order valence-corrected chi connectivity index (χ3v) is 3.92. The van der Waals surface area contributed by atoms with Gasteiger partial charge in [0, 0.05) is 18.0 Å². The molecule has 4 nitrogen and oxygen atoms in total. The molecule has 0 spiro atoms. The number of aromatic nitrogens is 1. The van der Waals surface area contributed by atoms with Gasteiger partial charge < -0.3 is 14.6 Å². The molecule has 1 aromatic heterocycles. The minimum atomic E-state index is -0.632. The molecule has 0 bridgehead atoms. The number of aliphatic hydroxyl groups is 1. The van der Waals surface area contributed by atoms with Gasteiger partial charge in [0.25, 0.3) is 0 Å². The van der Waals surface area contributed by atoms with E-state index < -0.39 is 6.10 Å². The maximum absolute atomic E-state index is 10.5. The summed E-state index contributed by atoms with van der Waals surface area (Å²) in [6.45, 7) is 0.236. The van der Waals surface area contributed by atoms with Gasteiger partial charge in [-0.25, -0.2) is 0 Å². The second-order valence-electron chi connectivity index (χ2n) is 5.31. The number of benzene rings is 2. The molecule has 22 heavy (non-hydrogen) atoms. The zero-order valence-electron chi connectivity index (χ0n) is 11.9. The number of rotatable bonds is 3. The van der Waals surface area contributed by atoms with E-state index in [0.717, 1.165) is 27.8 Å². The molecule has 1 aliphatic rings. The molecule has 4 heteroatoms. The topological polar surface area (TPSA) is 51.6 Å². The van der Waals surface area contributed by atoms with Crippen molar-refractivity contribution in [3.05, 3.63) is 66.0 Å². The summed E-state index contributed by atoms with van der Waals surface area (Å²) in [5, 5.41) is 12.7. The zero-order chi connectivity index (χ0) is 14.9. The molecule has 3 aromatic rings. The molecule has 0 saturated carbocycles. The lowest BCUT2D eigenvalue weighted by molar-refractivity contribution is 0.171. The van der Waals surface area contributed by atoms with Crippen molar-refractivity contribution < 1.29 is 14.6 Å². The molecule has 110 valence electrons. The summed E-state index contributed by atoms with van der Waals surface area (Å²) < 4.78 is 10.7. The molecule has 4 rings (SSSR count). The maximum Gasteiger partial charge on any atom is 0.231 e. The summed E-state index contributed by atoms with van der Waals surface area (Å²) in [6.07, 6.45) is 1.61. The predicted octanol–water partition coefficient (Wildman–Crippen LogP) is 3.24. The third-order valence-electron chi connectivity index (χ3n) is 3.92. The van der Waals surface area contributed by atoms with E-state index in [0.29, 0.717) is 12.2 Å². The first-order chi connectivity index (χ1) is 10.8. The third kappa shape index (κ3) is 2.27. The van der Waals surface area contributed by atoms with Crippen LogP contribution in [-0.4, -0.2) is 16.9 Å². The average molecular weight is 293 g/mol. The van der Waals surface area contributed by atoms with Crippen LogP contribution in [0, 0.1) is 0 Å². The number of nitrogens with zero attached hydrogens (tertiary/aromatic N) is 1. The van der Waals surface area contributed by atoms with Gasteiger partial charge in [0.1, 0.15) is 0 Å². The molecule has 1 N–H and O–H groups in total. The van der Waals surface area contributed by atoms with Gasteiger partial charge >= 0.3 is 0 Å². The SMILES string of the molecule is OC(Cc1nccc2ccccc12)c1ccc2c(c1)OCO2. The van der Waals surface area contributed by atoms with E-state index in [1.165, 1.54) is 0 Å². The number of ether oxygens (including phenoxy) is 2. The molecule has 0 radical (unpaired) electrons. The highest BCUT2D eigenvalue weighted by molar-refractivity contribution is 5.84. The lowest BCUT2D eigenvalue weighted by atomic mass is 10.0. The van der Waals surface area contributed by atoms with Crippen molar-refractivity contribution in [3.63, 3.8) is 0 Å². The first-order valence-electron chi connectivity index (χ1n) is 7.21. The molecular formula is C18H15NO3. The molecule has 0 fully saturated rings. The van der Waals surface area contributed by atoms with Crippen LogP contribution in [0.2, 0.25) is 0 Å². The fraction of sp³-hybridized carbons (Fsp3) is 0.167. The number of hydrogen-bond donors (Lipinski definition) is 1. The van der Waals surface area contributed by atoms with Crippen LogP contribution in [0.4, 0.5) is 0 Å². The first kappa shape index (κ1) is 13.1. The summed E-state index contributed by atoms with van der Waals surface area (Å²) in [7, 11) is 0. The lowest BCUT2D eigenvalue weighted by Crippen LogP contribution is -2.04. The van der Waals surface area contributed by atoms with Crippen molar-refractivity contribution >= 4 is 10.8 Å². The first-order valence-corrected chi connectivity index (χ1v) is 7.21. The predicted molar refractivity (Wildman–Crippen MR) is 83.0 cm³/mol. The standard InChI is InChI=1S/C18H15NO3/c20-16(13-5-6-17-18(9-13)22-11-21-17)10-15-14-4-2-1-3-12(14)7-8-19-15/h1-9,16,20H,10-11H2. The Balaban J connectivity index is 1.65. The van der Waals surface area contributed by atoms with E-state index in [9.17, 15) is 5.11 Å². The van der Waals surface area contributed by atoms with Gasteiger partial charge in [-0.1, -0.05) is 30.3 Å². The summed E-state index contributed by atoms with van der Waals surface area (Å²) >= 11 is 0. The van der Waals surface area contributed by atoms with Gasteiger partial charge in [0.2, 0.25) is 6.79 Å². The van der Waals surface area contributed by atoms with Crippen LogP contribution < -0.4 is 9.47 Å². The van der Waals surface area contributed by atoms with Crippen LogP contribution in [0.15, 0.2) is 54.7 Å². The maximum atomic E-state index is 10.5. The highest BCUT2D eigenvalue weighted by Gasteiger charge is 2.17. The smallest absolute Gasteiger partial charge is 0.231 e. The van der Waals surface area contributed by atoms with Crippen molar-refractivity contribution in [3.8, 4) is 11.5 Å². The van der Waals surface area contributed by atoms with E-state index in [1.54, 1.807) is 6.20 Å². The Hall–Kier alpha value is -2.59. The van der Waals surface area contributed by atoms with E-state index in [2.05, 4.69) is 4.98 Å². The van der Waals surface area contributed by atoms with Crippen molar-refractivity contribution in [2.75, 3.05) is 6.79 Å². The molecule has 1 aliphatic heterocycles. The van der Waals surface area contributed by atoms with Crippen molar-refractivity contribution in [2.24, 2.45) is 0 Å². The molecule has 0 aliphatic carbocycles. The highest BCUT2D eigenvalue weighted by Crippen LogP contribution is 2.35. The van der Waals surface area contributed by atoms with E-state index in [1.807, 2.05) is 48.5 Å². The molecule has 1 atom stereocenters. The van der Waals surface area contributed by atoms with E-state index in [4.69, 9.17) is 9.47 Å². The fourth-order valence-electron chi connectivity index (χ4n) is 2.77. The van der Waals surface area contributed by atoms with Gasteiger partial charge in [0.05, 0.1) is 11.8 Å². The zero-order valence-corrected chi connectivity index (χ0v) is 11.9. The molecule has 1 unspecified atom stereocenters. The van der Waals surface area contributed by atoms with Crippen molar-refractivity contribution in [1.29, 1.82) is 0 Å². The highest BCUT2D eigenvalue weighted by atomic mass is 16.7.